The van der Waals surface area contributed by atoms with Crippen molar-refractivity contribution in [3.63, 3.8) is 0 Å². The minimum absolute atomic E-state index is 0.115. The molecule has 41 heavy (non-hydrogen) atoms. The Morgan fingerprint density at radius 1 is 1.07 bits per heavy atom. The monoisotopic (exact) mass is 580 g/mol. The summed E-state index contributed by atoms with van der Waals surface area (Å²) >= 11 is 0.936. The van der Waals surface area contributed by atoms with Gasteiger partial charge in [-0.15, -0.1) is 0 Å². The second kappa shape index (κ2) is 12.4. The molecule has 2 aromatic carbocycles. The molecule has 216 valence electrons. The van der Waals surface area contributed by atoms with Crippen molar-refractivity contribution in [1.82, 2.24) is 4.98 Å². The van der Waals surface area contributed by atoms with Gasteiger partial charge in [0.05, 0.1) is 44.7 Å². The van der Waals surface area contributed by atoms with Crippen LogP contribution in [0.2, 0.25) is 0 Å². The van der Waals surface area contributed by atoms with Crippen LogP contribution in [0.25, 0.3) is 5.76 Å². The van der Waals surface area contributed by atoms with E-state index in [0.717, 1.165) is 11.3 Å². The van der Waals surface area contributed by atoms with E-state index in [-0.39, 0.29) is 27.9 Å². The number of methoxy groups -OCH3 is 2. The summed E-state index contributed by atoms with van der Waals surface area (Å²) < 4.78 is 21.7. The molecular weight excluding hydrogens is 548 g/mol. The number of hydrogen-bond donors (Lipinski definition) is 1. The molecule has 1 amide bonds. The van der Waals surface area contributed by atoms with E-state index in [1.165, 1.54) is 19.1 Å². The van der Waals surface area contributed by atoms with Crippen molar-refractivity contribution in [2.45, 2.75) is 33.7 Å². The zero-order valence-electron chi connectivity index (χ0n) is 23.7. The molecule has 2 heterocycles. The van der Waals surface area contributed by atoms with E-state index in [1.54, 1.807) is 56.3 Å². The number of ketones is 1. The molecule has 10 nitrogen and oxygen atoms in total. The second-order valence-corrected chi connectivity index (χ2v) is 10.6. The van der Waals surface area contributed by atoms with Gasteiger partial charge in [0.1, 0.15) is 16.4 Å². The van der Waals surface area contributed by atoms with Crippen LogP contribution >= 0.6 is 11.3 Å². The quantitative estimate of drug-likeness (QED) is 0.147. The van der Waals surface area contributed by atoms with Gasteiger partial charge in [-0.1, -0.05) is 31.3 Å². The first-order chi connectivity index (χ1) is 19.6. The summed E-state index contributed by atoms with van der Waals surface area (Å²) in [6.45, 7) is 8.07. The van der Waals surface area contributed by atoms with Crippen LogP contribution in [0.1, 0.15) is 53.3 Å². The van der Waals surface area contributed by atoms with Crippen LogP contribution in [0.5, 0.6) is 17.2 Å². The molecule has 0 saturated carbocycles. The van der Waals surface area contributed by atoms with Crippen molar-refractivity contribution in [3.8, 4) is 17.2 Å². The van der Waals surface area contributed by atoms with Crippen molar-refractivity contribution >= 4 is 39.9 Å². The molecule has 1 unspecified atom stereocenters. The minimum atomic E-state index is -1.08. The van der Waals surface area contributed by atoms with E-state index in [2.05, 4.69) is 4.98 Å². The summed E-state index contributed by atoms with van der Waals surface area (Å²) in [6, 6.07) is 10.5. The first-order valence-corrected chi connectivity index (χ1v) is 13.8. The van der Waals surface area contributed by atoms with Crippen molar-refractivity contribution in [1.29, 1.82) is 0 Å². The molecule has 0 radical (unpaired) electrons. The van der Waals surface area contributed by atoms with E-state index < -0.39 is 23.7 Å². The van der Waals surface area contributed by atoms with Crippen molar-refractivity contribution in [2.75, 3.05) is 32.3 Å². The van der Waals surface area contributed by atoms with E-state index in [0.29, 0.717) is 46.6 Å². The highest BCUT2D eigenvalue weighted by Crippen LogP contribution is 2.45. The van der Waals surface area contributed by atoms with Gasteiger partial charge in [0.25, 0.3) is 5.78 Å². The van der Waals surface area contributed by atoms with Crippen molar-refractivity contribution < 1.29 is 38.4 Å². The minimum Gasteiger partial charge on any atom is -0.507 e. The lowest BCUT2D eigenvalue weighted by Gasteiger charge is -2.23. The summed E-state index contributed by atoms with van der Waals surface area (Å²) in [5.41, 5.74) is 1.01. The number of aromatic nitrogens is 1. The highest BCUT2D eigenvalue weighted by atomic mass is 32.1. The number of carbonyl (C=O) groups is 3. The standard InChI is InChI=1S/C30H32N2O8S/c1-7-39-29(36)27-17(4)31-30(41-27)32-24(19-10-13-21(37-5)22(14-19)38-6)23(26(34)28(32)35)25(33)18-8-11-20(12-9-18)40-15-16(2)3/h8-14,16,24,33H,7,15H2,1-6H3/b25-23+. The van der Waals surface area contributed by atoms with Gasteiger partial charge in [0, 0.05) is 5.56 Å². The third kappa shape index (κ3) is 5.90. The predicted molar refractivity (Wildman–Crippen MR) is 154 cm³/mol. The van der Waals surface area contributed by atoms with Gasteiger partial charge in [-0.05, 0) is 61.7 Å². The molecule has 1 aromatic heterocycles. The Hall–Kier alpha value is -4.38. The molecule has 1 N–H and O–H groups in total. The summed E-state index contributed by atoms with van der Waals surface area (Å²) in [7, 11) is 2.96. The van der Waals surface area contributed by atoms with Gasteiger partial charge in [-0.2, -0.15) is 0 Å². The van der Waals surface area contributed by atoms with Gasteiger partial charge in [-0.25, -0.2) is 9.78 Å². The van der Waals surface area contributed by atoms with Gasteiger partial charge >= 0.3 is 11.9 Å². The third-order valence-corrected chi connectivity index (χ3v) is 7.47. The van der Waals surface area contributed by atoms with Crippen LogP contribution in [0, 0.1) is 12.8 Å². The van der Waals surface area contributed by atoms with Gasteiger partial charge < -0.3 is 24.1 Å². The van der Waals surface area contributed by atoms with Crippen LogP contribution in [0.15, 0.2) is 48.0 Å². The zero-order chi connectivity index (χ0) is 29.8. The van der Waals surface area contributed by atoms with Crippen molar-refractivity contribution in [2.24, 2.45) is 5.92 Å². The Kier molecular flexibility index (Phi) is 8.97. The lowest BCUT2D eigenvalue weighted by Crippen LogP contribution is -2.29. The molecule has 0 bridgehead atoms. The average Bonchev–Trinajstić information content (AvgIpc) is 3.47. The molecule has 1 aliphatic heterocycles. The molecule has 11 heteroatoms. The van der Waals surface area contributed by atoms with Crippen LogP contribution in [-0.4, -0.2) is 55.2 Å². The fraction of sp³-hybridized carbons (Fsp3) is 0.333. The molecule has 0 aliphatic carbocycles. The summed E-state index contributed by atoms with van der Waals surface area (Å²) in [5.74, 6) is -0.978. The number of aliphatic hydroxyl groups is 1. The number of thiazole rings is 1. The molecule has 1 atom stereocenters. The number of rotatable bonds is 10. The van der Waals surface area contributed by atoms with Gasteiger partial charge in [0.15, 0.2) is 16.6 Å². The molecular formula is C30H32N2O8S. The number of esters is 1. The number of carbonyl (C=O) groups excluding carboxylic acids is 3. The third-order valence-electron chi connectivity index (χ3n) is 6.33. The van der Waals surface area contributed by atoms with E-state index in [1.807, 2.05) is 13.8 Å². The van der Waals surface area contributed by atoms with Crippen LogP contribution < -0.4 is 19.1 Å². The fourth-order valence-corrected chi connectivity index (χ4v) is 5.35. The number of Topliss-reactive ketones (excluding diaryl/α,β-unsaturated/α-hetero) is 1. The van der Waals surface area contributed by atoms with Gasteiger partial charge in [-0.3, -0.25) is 14.5 Å². The number of aliphatic hydroxyl groups excluding tert-OH is 1. The lowest BCUT2D eigenvalue weighted by molar-refractivity contribution is -0.132. The topological polar surface area (TPSA) is 124 Å². The highest BCUT2D eigenvalue weighted by Gasteiger charge is 2.48. The number of anilines is 1. The number of ether oxygens (including phenoxy) is 4. The Balaban J connectivity index is 1.87. The molecule has 0 spiro atoms. The number of benzene rings is 2. The maximum absolute atomic E-state index is 13.5. The summed E-state index contributed by atoms with van der Waals surface area (Å²) in [6.07, 6.45) is 0. The van der Waals surface area contributed by atoms with Gasteiger partial charge in [0.2, 0.25) is 0 Å². The summed E-state index contributed by atoms with van der Waals surface area (Å²) in [4.78, 5) is 45.4. The number of amides is 1. The van der Waals surface area contributed by atoms with E-state index in [9.17, 15) is 19.5 Å². The second-order valence-electron chi connectivity index (χ2n) is 9.64. The Bertz CT molecular complexity index is 1490. The predicted octanol–water partition coefficient (Wildman–Crippen LogP) is 5.31. The maximum atomic E-state index is 13.5. The average molecular weight is 581 g/mol. The van der Waals surface area contributed by atoms with Crippen molar-refractivity contribution in [3.05, 3.63) is 69.7 Å². The first kappa shape index (κ1) is 29.6. The first-order valence-electron chi connectivity index (χ1n) is 13.0. The lowest BCUT2D eigenvalue weighted by atomic mass is 9.95. The maximum Gasteiger partial charge on any atom is 0.350 e. The smallest absolute Gasteiger partial charge is 0.350 e. The van der Waals surface area contributed by atoms with Crippen LogP contribution in [-0.2, 0) is 14.3 Å². The molecule has 1 fully saturated rings. The van der Waals surface area contributed by atoms with Crippen LogP contribution in [0.4, 0.5) is 5.13 Å². The van der Waals surface area contributed by atoms with E-state index >= 15 is 0 Å². The van der Waals surface area contributed by atoms with Crippen LogP contribution in [0.3, 0.4) is 0 Å². The Morgan fingerprint density at radius 3 is 2.37 bits per heavy atom. The Labute approximate surface area is 242 Å². The molecule has 3 aromatic rings. The zero-order valence-corrected chi connectivity index (χ0v) is 24.5. The SMILES string of the molecule is CCOC(=O)c1sc(N2C(=O)C(=O)/C(=C(/O)c3ccc(OCC(C)C)cc3)C2c2ccc(OC)c(OC)c2)nc1C. The molecule has 1 aliphatic rings. The number of aryl methyl sites for hydroxylation is 1. The molecule has 1 saturated heterocycles. The largest absolute Gasteiger partial charge is 0.507 e. The highest BCUT2D eigenvalue weighted by molar-refractivity contribution is 7.17. The number of nitrogens with zero attached hydrogens (tertiary/aromatic N) is 2. The normalized spacial score (nSPS) is 16.3. The van der Waals surface area contributed by atoms with E-state index in [4.69, 9.17) is 18.9 Å². The fourth-order valence-electron chi connectivity index (χ4n) is 4.37. The summed E-state index contributed by atoms with van der Waals surface area (Å²) in [5, 5.41) is 11.6. The Morgan fingerprint density at radius 2 is 1.76 bits per heavy atom. The number of hydrogen-bond acceptors (Lipinski definition) is 10. The molecule has 4 rings (SSSR count).